The Hall–Kier alpha value is -10.7. The van der Waals surface area contributed by atoms with Gasteiger partial charge in [-0.05, 0) is 93.2 Å². The van der Waals surface area contributed by atoms with Crippen molar-refractivity contribution in [3.05, 3.63) is 83.9 Å². The molecule has 1 aliphatic heterocycles. The Morgan fingerprint density at radius 1 is 0.602 bits per heavy atom. The average molecular weight is 1540 g/mol. The number of aliphatic carboxylic acids is 2. The molecular formula is C68H99N17O22S. The molecule has 39 nitrogen and oxygen atoms in total. The van der Waals surface area contributed by atoms with Crippen molar-refractivity contribution in [2.45, 2.75) is 171 Å². The number of aliphatic hydroxyl groups excluding tert-OH is 3. The predicted molar refractivity (Wildman–Crippen MR) is 384 cm³/mol. The van der Waals surface area contributed by atoms with Gasteiger partial charge in [0.15, 0.2) is 5.78 Å². The van der Waals surface area contributed by atoms with Gasteiger partial charge in [0.25, 0.3) is 5.91 Å². The van der Waals surface area contributed by atoms with E-state index in [4.69, 9.17) is 5.73 Å². The van der Waals surface area contributed by atoms with Gasteiger partial charge < -0.3 is 116 Å². The second-order valence-corrected chi connectivity index (χ2v) is 27.4. The number of nitrogens with one attached hydrogen (secondary N) is 15. The molecule has 13 atom stereocenters. The number of nitrogens with zero attached hydrogens (tertiary/aromatic N) is 1. The number of nitrogens with two attached hydrogens (primary N) is 1. The monoisotopic (exact) mass is 1540 g/mol. The number of carbonyl (C=O) groups excluding carboxylic acids is 14. The molecule has 2 aromatic carbocycles. The lowest BCUT2D eigenvalue weighted by molar-refractivity contribution is -0.149. The smallest absolute Gasteiger partial charge is 0.325 e. The molecule has 1 saturated heterocycles. The Morgan fingerprint density at radius 3 is 1.63 bits per heavy atom. The molecule has 23 N–H and O–H groups in total. The maximum Gasteiger partial charge on any atom is 0.325 e. The van der Waals surface area contributed by atoms with Crippen LogP contribution in [0.15, 0.2) is 67.1 Å². The number of carboxylic acid groups (broad SMARTS) is 2. The highest BCUT2D eigenvalue weighted by atomic mass is 32.2. The van der Waals surface area contributed by atoms with Crippen LogP contribution in [0.25, 0.3) is 0 Å². The molecule has 0 bridgehead atoms. The number of aromatic nitrogens is 2. The van der Waals surface area contributed by atoms with Gasteiger partial charge in [-0.2, -0.15) is 11.8 Å². The number of benzene rings is 2. The number of carbonyl (C=O) groups is 16. The molecule has 13 unspecified atom stereocenters. The molecule has 2 heterocycles. The van der Waals surface area contributed by atoms with E-state index in [1.54, 1.807) is 50.4 Å². The molecular weight excluding hydrogens is 1440 g/mol. The van der Waals surface area contributed by atoms with Crippen molar-refractivity contribution in [1.82, 2.24) is 84.4 Å². The van der Waals surface area contributed by atoms with Crippen LogP contribution in [0.4, 0.5) is 0 Å². The Morgan fingerprint density at radius 2 is 1.13 bits per heavy atom. The first-order valence-corrected chi connectivity index (χ1v) is 35.9. The average Bonchev–Trinajstić information content (AvgIpc) is 0.975. The number of ketones is 1. The molecule has 1 aliphatic rings. The van der Waals surface area contributed by atoms with Crippen LogP contribution < -0.4 is 80.2 Å². The van der Waals surface area contributed by atoms with E-state index in [9.17, 15) is 107 Å². The van der Waals surface area contributed by atoms with Crippen molar-refractivity contribution in [1.29, 1.82) is 0 Å². The maximum absolute atomic E-state index is 14.6. The second kappa shape index (κ2) is 44.4. The summed E-state index contributed by atoms with van der Waals surface area (Å²) in [6.45, 7) is 3.96. The van der Waals surface area contributed by atoms with Crippen LogP contribution in [0.3, 0.4) is 0 Å². The molecule has 3 aromatic rings. The molecule has 0 aliphatic carbocycles. The molecule has 13 amide bonds. The number of phenols is 1. The number of hydrogen-bond donors (Lipinski definition) is 22. The number of aromatic hydroxyl groups is 1. The van der Waals surface area contributed by atoms with E-state index in [1.165, 1.54) is 69.3 Å². The summed E-state index contributed by atoms with van der Waals surface area (Å²) < 4.78 is 0. The highest BCUT2D eigenvalue weighted by Crippen LogP contribution is 2.19. The minimum atomic E-state index is -3.10. The lowest BCUT2D eigenvalue weighted by atomic mass is 9.86. The number of H-pyrrole nitrogens is 1. The van der Waals surface area contributed by atoms with Crippen LogP contribution >= 0.6 is 11.8 Å². The molecule has 108 heavy (non-hydrogen) atoms. The number of thioether (sulfide) groups is 1. The summed E-state index contributed by atoms with van der Waals surface area (Å²) in [7, 11) is 0. The third-order valence-electron chi connectivity index (χ3n) is 16.8. The van der Waals surface area contributed by atoms with E-state index in [2.05, 4.69) is 84.4 Å². The zero-order valence-electron chi connectivity index (χ0n) is 60.7. The zero-order chi connectivity index (χ0) is 80.5. The summed E-state index contributed by atoms with van der Waals surface area (Å²) in [6, 6.07) is -3.09. The highest BCUT2D eigenvalue weighted by molar-refractivity contribution is 7.98. The number of phenolic OH excluding ortho intramolecular Hbond substituents is 1. The largest absolute Gasteiger partial charge is 0.508 e. The number of aromatic amines is 1. The number of Topliss-reactive ketones (excluding diaryl/α,β-unsaturated/α-hetero) is 1. The minimum Gasteiger partial charge on any atom is -0.508 e. The Balaban J connectivity index is 1.47. The number of carboxylic acids is 2. The number of imidazole rings is 1. The van der Waals surface area contributed by atoms with Crippen LogP contribution in [0.5, 0.6) is 5.75 Å². The lowest BCUT2D eigenvalue weighted by Gasteiger charge is -2.35. The van der Waals surface area contributed by atoms with E-state index in [0.717, 1.165) is 6.92 Å². The van der Waals surface area contributed by atoms with Crippen LogP contribution in [-0.2, 0) is 96.0 Å². The number of hydrogen-bond acceptors (Lipinski definition) is 24. The third-order valence-corrected chi connectivity index (χ3v) is 17.4. The molecule has 594 valence electrons. The van der Waals surface area contributed by atoms with Crippen molar-refractivity contribution >= 4 is 106 Å². The van der Waals surface area contributed by atoms with E-state index < -0.39 is 218 Å². The molecule has 1 fully saturated rings. The number of aliphatic hydroxyl groups is 3. The van der Waals surface area contributed by atoms with Crippen molar-refractivity contribution < 1.29 is 107 Å². The van der Waals surface area contributed by atoms with Gasteiger partial charge in [-0.1, -0.05) is 70.2 Å². The van der Waals surface area contributed by atoms with Crippen LogP contribution in [-0.4, -0.2) is 265 Å². The highest BCUT2D eigenvalue weighted by Gasteiger charge is 2.51. The van der Waals surface area contributed by atoms with Gasteiger partial charge in [0.1, 0.15) is 60.1 Å². The van der Waals surface area contributed by atoms with Gasteiger partial charge in [-0.15, -0.1) is 0 Å². The van der Waals surface area contributed by atoms with Crippen LogP contribution in [0.1, 0.15) is 90.5 Å². The summed E-state index contributed by atoms with van der Waals surface area (Å²) >= 11 is 1.27. The van der Waals surface area contributed by atoms with Crippen molar-refractivity contribution in [3.63, 3.8) is 0 Å². The first-order valence-electron chi connectivity index (χ1n) is 34.5. The summed E-state index contributed by atoms with van der Waals surface area (Å²) in [5.74, 6) is -19.2. The molecule has 0 saturated carbocycles. The lowest BCUT2D eigenvalue weighted by Crippen LogP contribution is -2.72. The topological polar surface area (TPSA) is 618 Å². The second-order valence-electron chi connectivity index (χ2n) is 26.4. The Kier molecular flexibility index (Phi) is 36.9. The van der Waals surface area contributed by atoms with Crippen LogP contribution in [0, 0.1) is 11.8 Å². The Labute approximate surface area is 625 Å². The van der Waals surface area contributed by atoms with Crippen LogP contribution in [0.2, 0.25) is 0 Å². The van der Waals surface area contributed by atoms with Crippen molar-refractivity contribution in [2.24, 2.45) is 17.6 Å². The minimum absolute atomic E-state index is 0.0540. The fourth-order valence-electron chi connectivity index (χ4n) is 10.8. The quantitative estimate of drug-likeness (QED) is 0.0234. The number of amides is 13. The molecule has 1 aromatic heterocycles. The summed E-state index contributed by atoms with van der Waals surface area (Å²) in [6.07, 6.45) is 1.59. The third kappa shape index (κ3) is 29.2. The van der Waals surface area contributed by atoms with E-state index >= 15 is 0 Å². The van der Waals surface area contributed by atoms with Gasteiger partial charge in [0.05, 0.1) is 63.8 Å². The van der Waals surface area contributed by atoms with Gasteiger partial charge in [-0.3, -0.25) is 76.7 Å². The van der Waals surface area contributed by atoms with E-state index in [1.807, 2.05) is 0 Å². The molecule has 40 heteroatoms. The predicted octanol–water partition coefficient (Wildman–Crippen LogP) is -7.24. The van der Waals surface area contributed by atoms with Gasteiger partial charge in [-0.25, -0.2) is 4.98 Å². The zero-order valence-corrected chi connectivity index (χ0v) is 61.5. The van der Waals surface area contributed by atoms with Gasteiger partial charge in [0.2, 0.25) is 76.4 Å². The fourth-order valence-corrected chi connectivity index (χ4v) is 11.3. The summed E-state index contributed by atoms with van der Waals surface area (Å²) in [5.41, 5.74) is 4.05. The first-order chi connectivity index (χ1) is 51.0. The van der Waals surface area contributed by atoms with E-state index in [-0.39, 0.29) is 55.2 Å². The van der Waals surface area contributed by atoms with Gasteiger partial charge >= 0.3 is 11.9 Å². The van der Waals surface area contributed by atoms with Crippen molar-refractivity contribution in [2.75, 3.05) is 51.4 Å². The van der Waals surface area contributed by atoms with Crippen molar-refractivity contribution in [3.8, 4) is 5.75 Å². The maximum atomic E-state index is 14.6. The number of rotatable bonds is 46. The molecule has 0 radical (unpaired) electrons. The Bertz CT molecular complexity index is 3600. The summed E-state index contributed by atoms with van der Waals surface area (Å²) in [5, 5.41) is 94.5. The molecule has 4 rings (SSSR count). The normalized spacial score (nSPS) is 16.1. The SMILES string of the molecule is CSCCC(NC(=O)CNC(=O)C(Cc1cnc[nH]1)NC(=O)C(NC(=O)CNC(=O)C(Cc1ccc(O)cc1)NC(=O)C(NC(=O)C(CO)(NC(=O)C(CC(C)C)NC(=O)C1CCCN1)C(=O)C(N)CC(=O)O)C(C)C)C(C)O)C(=O)NC(CO)C(=O)NCC(=O)NC(Cc1ccccc1)C(=O)NC(C)C(=O)O. The standard InChI is InChI=1S/C68H99N17O22S/c1-34(2)22-45(79-60(99)43-14-11-20-71-43)63(102)85-68(32-87,56(95)42(69)26-53(93)94)67(107)84-54(35(3)4)64(103)80-46(24-39-15-17-41(89)18-16-39)57(96)73-30-52(92)83-55(37(6)88)65(104)81-48(25-40-27-70-33-75-40)58(97)72-28-50(90)77-44(19-21-108-7)61(100)82-49(31-86)59(98)74-29-51(91)78-47(23-38-12-9-8-10-13-38)62(101)76-36(5)66(105)106/h8-10,12-13,15-18,27,33-37,42-49,54-55,71,86-89H,11,14,19-26,28-32,69H2,1-7H3,(H,70,75)(H,72,97)(H,73,96)(H,74,98)(H,76,101)(H,77,90)(H,78,91)(H,79,99)(H,80,103)(H,81,104)(H,82,100)(H,83,92)(H,84,107)(H,85,102)(H,93,94)(H,105,106). The van der Waals surface area contributed by atoms with E-state index in [0.29, 0.717) is 30.5 Å². The fraction of sp³-hybridized carbons (Fsp3) is 0.544. The summed E-state index contributed by atoms with van der Waals surface area (Å²) in [4.78, 5) is 223. The first kappa shape index (κ1) is 89.7. The molecule has 0 spiro atoms. The van der Waals surface area contributed by atoms with Gasteiger partial charge in [0, 0.05) is 31.2 Å².